The molecule has 1 aliphatic rings. The Hall–Kier alpha value is 0.310. The van der Waals surface area contributed by atoms with Gasteiger partial charge in [-0.25, -0.2) is 0 Å². The van der Waals surface area contributed by atoms with E-state index in [4.69, 9.17) is 5.73 Å². The van der Waals surface area contributed by atoms with Gasteiger partial charge in [0.15, 0.2) is 0 Å². The molecule has 1 saturated carbocycles. The number of nitrogens with two attached hydrogens (primary N) is 1. The van der Waals surface area contributed by atoms with Crippen LogP contribution in [0, 0.1) is 5.92 Å². The molecule has 1 aliphatic carbocycles. The number of hydrogen-bond donors (Lipinski definition) is 1. The van der Waals surface area contributed by atoms with Gasteiger partial charge >= 0.3 is 0 Å². The predicted molar refractivity (Wildman–Crippen MR) is 52.9 cm³/mol. The van der Waals surface area contributed by atoms with Crippen molar-refractivity contribution in [2.45, 2.75) is 37.9 Å². The lowest BCUT2D eigenvalue weighted by atomic mass is 10.2. The second kappa shape index (κ2) is 5.04. The number of thioether (sulfide) groups is 1. The van der Waals surface area contributed by atoms with E-state index in [1.807, 2.05) is 0 Å². The molecule has 0 spiro atoms. The van der Waals surface area contributed by atoms with Crippen LogP contribution < -0.4 is 5.73 Å². The van der Waals surface area contributed by atoms with Crippen LogP contribution in [0.1, 0.15) is 32.6 Å². The van der Waals surface area contributed by atoms with Gasteiger partial charge in [-0.05, 0) is 31.1 Å². The van der Waals surface area contributed by atoms with Crippen molar-refractivity contribution in [1.29, 1.82) is 0 Å². The fourth-order valence-corrected chi connectivity index (χ4v) is 2.83. The maximum Gasteiger partial charge on any atom is 0.00471 e. The summed E-state index contributed by atoms with van der Waals surface area (Å²) >= 11 is 2.14. The van der Waals surface area contributed by atoms with Gasteiger partial charge in [0.2, 0.25) is 0 Å². The van der Waals surface area contributed by atoms with Crippen LogP contribution in [-0.4, -0.2) is 17.5 Å². The first kappa shape index (κ1) is 9.40. The third-order valence-electron chi connectivity index (χ3n) is 2.32. The van der Waals surface area contributed by atoms with Crippen LogP contribution in [0.4, 0.5) is 0 Å². The van der Waals surface area contributed by atoms with Gasteiger partial charge < -0.3 is 5.73 Å². The normalized spacial score (nSPS) is 22.4. The average molecular weight is 173 g/mol. The molecule has 0 radical (unpaired) electrons. The molecule has 0 heterocycles. The van der Waals surface area contributed by atoms with E-state index in [9.17, 15) is 0 Å². The fraction of sp³-hybridized carbons (Fsp3) is 1.00. The molecule has 2 heteroatoms. The van der Waals surface area contributed by atoms with E-state index in [1.165, 1.54) is 31.4 Å². The lowest BCUT2D eigenvalue weighted by molar-refractivity contribution is 0.673. The van der Waals surface area contributed by atoms with Crippen molar-refractivity contribution in [2.75, 3.05) is 12.3 Å². The molecule has 1 fully saturated rings. The van der Waals surface area contributed by atoms with Gasteiger partial charge in [-0.1, -0.05) is 19.8 Å². The van der Waals surface area contributed by atoms with Crippen LogP contribution >= 0.6 is 11.8 Å². The van der Waals surface area contributed by atoms with E-state index >= 15 is 0 Å². The first-order valence-corrected chi connectivity index (χ1v) is 5.69. The van der Waals surface area contributed by atoms with Gasteiger partial charge in [0.25, 0.3) is 0 Å². The molecule has 0 aromatic carbocycles. The Bertz CT molecular complexity index is 99.7. The Morgan fingerprint density at radius 1 is 1.45 bits per heavy atom. The summed E-state index contributed by atoms with van der Waals surface area (Å²) < 4.78 is 0. The third-order valence-corrected chi connectivity index (χ3v) is 4.03. The van der Waals surface area contributed by atoms with Crippen LogP contribution in [0.2, 0.25) is 0 Å². The predicted octanol–water partition coefficient (Wildman–Crippen LogP) is 2.26. The summed E-state index contributed by atoms with van der Waals surface area (Å²) in [6.45, 7) is 3.08. The number of rotatable bonds is 4. The molecule has 11 heavy (non-hydrogen) atoms. The van der Waals surface area contributed by atoms with Crippen molar-refractivity contribution >= 4 is 11.8 Å². The molecule has 0 aliphatic heterocycles. The summed E-state index contributed by atoms with van der Waals surface area (Å²) in [4.78, 5) is 0. The average Bonchev–Trinajstić information content (AvgIpc) is 2.52. The molecule has 66 valence electrons. The first-order valence-electron chi connectivity index (χ1n) is 4.64. The van der Waals surface area contributed by atoms with Crippen LogP contribution in [0.3, 0.4) is 0 Å². The zero-order chi connectivity index (χ0) is 8.10. The molecule has 0 bridgehead atoms. The summed E-state index contributed by atoms with van der Waals surface area (Å²) in [5.41, 5.74) is 5.54. The SMILES string of the molecule is CC(CN)CSC1CCCC1. The van der Waals surface area contributed by atoms with E-state index in [0.29, 0.717) is 5.92 Å². The monoisotopic (exact) mass is 173 g/mol. The van der Waals surface area contributed by atoms with Gasteiger partial charge in [0.05, 0.1) is 0 Å². The highest BCUT2D eigenvalue weighted by atomic mass is 32.2. The van der Waals surface area contributed by atoms with Crippen molar-refractivity contribution in [3.05, 3.63) is 0 Å². The second-order valence-electron chi connectivity index (χ2n) is 3.58. The van der Waals surface area contributed by atoms with E-state index in [-0.39, 0.29) is 0 Å². The maximum atomic E-state index is 5.54. The first-order chi connectivity index (χ1) is 5.33. The van der Waals surface area contributed by atoms with E-state index < -0.39 is 0 Å². The lowest BCUT2D eigenvalue weighted by Crippen LogP contribution is -2.14. The zero-order valence-electron chi connectivity index (χ0n) is 7.38. The molecule has 0 aromatic heterocycles. The Balaban J connectivity index is 2.01. The standard InChI is InChI=1S/C9H19NS/c1-8(6-10)7-11-9-4-2-3-5-9/h8-9H,2-7,10H2,1H3. The Morgan fingerprint density at radius 3 is 2.64 bits per heavy atom. The largest absolute Gasteiger partial charge is 0.330 e. The van der Waals surface area contributed by atoms with E-state index in [1.54, 1.807) is 0 Å². The molecule has 1 rings (SSSR count). The summed E-state index contributed by atoms with van der Waals surface area (Å²) in [5, 5.41) is 0.962. The van der Waals surface area contributed by atoms with Gasteiger partial charge in [-0.3, -0.25) is 0 Å². The van der Waals surface area contributed by atoms with Crippen molar-refractivity contribution in [1.82, 2.24) is 0 Å². The molecule has 0 aromatic rings. The molecular weight excluding hydrogens is 154 g/mol. The summed E-state index contributed by atoms with van der Waals surface area (Å²) in [5.74, 6) is 1.97. The van der Waals surface area contributed by atoms with Crippen molar-refractivity contribution in [2.24, 2.45) is 11.7 Å². The second-order valence-corrected chi connectivity index (χ2v) is 4.91. The van der Waals surface area contributed by atoms with Crippen LogP contribution in [0.25, 0.3) is 0 Å². The molecule has 2 N–H and O–H groups in total. The van der Waals surface area contributed by atoms with E-state index in [2.05, 4.69) is 18.7 Å². The van der Waals surface area contributed by atoms with Gasteiger partial charge in [-0.15, -0.1) is 0 Å². The molecule has 1 atom stereocenters. The summed E-state index contributed by atoms with van der Waals surface area (Å²) in [6, 6.07) is 0. The minimum absolute atomic E-state index is 0.709. The van der Waals surface area contributed by atoms with Crippen LogP contribution in [0.5, 0.6) is 0 Å². The topological polar surface area (TPSA) is 26.0 Å². The highest BCUT2D eigenvalue weighted by molar-refractivity contribution is 7.99. The van der Waals surface area contributed by atoms with Gasteiger partial charge in [0.1, 0.15) is 0 Å². The molecule has 1 nitrogen and oxygen atoms in total. The van der Waals surface area contributed by atoms with Crippen molar-refractivity contribution in [3.63, 3.8) is 0 Å². The maximum absolute atomic E-state index is 5.54. The lowest BCUT2D eigenvalue weighted by Gasteiger charge is -2.11. The zero-order valence-corrected chi connectivity index (χ0v) is 8.20. The molecular formula is C9H19NS. The van der Waals surface area contributed by atoms with Gasteiger partial charge in [-0.2, -0.15) is 11.8 Å². The highest BCUT2D eigenvalue weighted by Crippen LogP contribution is 2.30. The van der Waals surface area contributed by atoms with Gasteiger partial charge in [0, 0.05) is 5.25 Å². The van der Waals surface area contributed by atoms with Crippen LogP contribution in [-0.2, 0) is 0 Å². The van der Waals surface area contributed by atoms with Crippen molar-refractivity contribution in [3.8, 4) is 0 Å². The van der Waals surface area contributed by atoms with Crippen LogP contribution in [0.15, 0.2) is 0 Å². The molecule has 0 saturated heterocycles. The fourth-order valence-electron chi connectivity index (χ4n) is 1.42. The Kier molecular flexibility index (Phi) is 4.31. The molecule has 0 amide bonds. The minimum Gasteiger partial charge on any atom is -0.330 e. The number of hydrogen-bond acceptors (Lipinski definition) is 2. The third kappa shape index (κ3) is 3.48. The summed E-state index contributed by atoms with van der Waals surface area (Å²) in [7, 11) is 0. The van der Waals surface area contributed by atoms with E-state index in [0.717, 1.165) is 11.8 Å². The summed E-state index contributed by atoms with van der Waals surface area (Å²) in [6.07, 6.45) is 5.80. The Labute approximate surface area is 74.1 Å². The van der Waals surface area contributed by atoms with Crippen molar-refractivity contribution < 1.29 is 0 Å². The molecule has 1 unspecified atom stereocenters. The minimum atomic E-state index is 0.709. The smallest absolute Gasteiger partial charge is 0.00471 e. The quantitative estimate of drug-likeness (QED) is 0.705. The highest BCUT2D eigenvalue weighted by Gasteiger charge is 2.15. The Morgan fingerprint density at radius 2 is 2.09 bits per heavy atom.